The van der Waals surface area contributed by atoms with Gasteiger partial charge in [-0.3, -0.25) is 4.79 Å². The molecule has 94 valence electrons. The van der Waals surface area contributed by atoms with Crippen LogP contribution in [-0.2, 0) is 14.3 Å². The highest BCUT2D eigenvalue weighted by Crippen LogP contribution is 2.19. The number of ether oxygens (including phenoxy) is 2. The molecule has 1 fully saturated rings. The van der Waals surface area contributed by atoms with E-state index in [2.05, 4.69) is 12.2 Å². The second kappa shape index (κ2) is 5.64. The lowest BCUT2D eigenvalue weighted by molar-refractivity contribution is -0.160. The number of hydrogen-bond acceptors (Lipinski definition) is 4. The third-order valence-corrected chi connectivity index (χ3v) is 2.45. The van der Waals surface area contributed by atoms with Crippen LogP contribution in [-0.4, -0.2) is 37.4 Å². The van der Waals surface area contributed by atoms with Crippen molar-refractivity contribution in [2.45, 2.75) is 45.8 Å². The number of nitrogens with one attached hydrogen (secondary N) is 1. The summed E-state index contributed by atoms with van der Waals surface area (Å²) in [5.74, 6) is -0.315. The zero-order valence-corrected chi connectivity index (χ0v) is 10.7. The summed E-state index contributed by atoms with van der Waals surface area (Å²) in [6.45, 7) is 9.73. The Morgan fingerprint density at radius 2 is 2.12 bits per heavy atom. The van der Waals surface area contributed by atoms with Crippen LogP contribution in [0.2, 0.25) is 0 Å². The molecule has 0 bridgehead atoms. The predicted molar refractivity (Wildman–Crippen MR) is 62.2 cm³/mol. The molecule has 1 rings (SSSR count). The average Bonchev–Trinajstić information content (AvgIpc) is 2.59. The van der Waals surface area contributed by atoms with Gasteiger partial charge in [-0.1, -0.05) is 6.92 Å². The Hall–Kier alpha value is -0.610. The maximum absolute atomic E-state index is 11.9. The van der Waals surface area contributed by atoms with Crippen molar-refractivity contribution in [3.8, 4) is 0 Å². The van der Waals surface area contributed by atoms with Crippen LogP contribution in [0.15, 0.2) is 0 Å². The van der Waals surface area contributed by atoms with E-state index in [0.717, 1.165) is 13.0 Å². The van der Waals surface area contributed by atoms with Crippen molar-refractivity contribution in [1.29, 1.82) is 0 Å². The first-order valence-corrected chi connectivity index (χ1v) is 5.98. The Kier molecular flexibility index (Phi) is 4.74. The van der Waals surface area contributed by atoms with Crippen LogP contribution < -0.4 is 5.32 Å². The number of esters is 1. The largest absolute Gasteiger partial charge is 0.460 e. The van der Waals surface area contributed by atoms with Gasteiger partial charge in [0.2, 0.25) is 0 Å². The van der Waals surface area contributed by atoms with Crippen molar-refractivity contribution < 1.29 is 14.3 Å². The molecule has 0 aromatic carbocycles. The molecule has 1 aliphatic rings. The van der Waals surface area contributed by atoms with Gasteiger partial charge in [-0.25, -0.2) is 0 Å². The van der Waals surface area contributed by atoms with Crippen LogP contribution in [0.5, 0.6) is 0 Å². The number of hydrogen-bond donors (Lipinski definition) is 1. The molecular weight excluding hydrogens is 206 g/mol. The fraction of sp³-hybridized carbons (Fsp3) is 0.917. The van der Waals surface area contributed by atoms with Gasteiger partial charge in [0, 0.05) is 6.04 Å². The summed E-state index contributed by atoms with van der Waals surface area (Å²) in [7, 11) is 0. The Labute approximate surface area is 97.7 Å². The van der Waals surface area contributed by atoms with Gasteiger partial charge < -0.3 is 14.8 Å². The predicted octanol–water partition coefficient (Wildman–Crippen LogP) is 1.34. The number of rotatable bonds is 4. The van der Waals surface area contributed by atoms with E-state index in [1.165, 1.54) is 0 Å². The summed E-state index contributed by atoms with van der Waals surface area (Å²) in [6, 6.07) is 0.106. The van der Waals surface area contributed by atoms with Crippen molar-refractivity contribution >= 4 is 5.97 Å². The van der Waals surface area contributed by atoms with E-state index in [0.29, 0.717) is 13.2 Å². The fourth-order valence-corrected chi connectivity index (χ4v) is 1.69. The molecule has 1 aliphatic heterocycles. The second-order valence-electron chi connectivity index (χ2n) is 5.24. The Morgan fingerprint density at radius 1 is 1.44 bits per heavy atom. The molecule has 2 unspecified atom stereocenters. The normalized spacial score (nSPS) is 25.8. The van der Waals surface area contributed by atoms with Crippen LogP contribution >= 0.6 is 0 Å². The SMILES string of the molecule is CCCNC1COCC1C(=O)OC(C)(C)C. The van der Waals surface area contributed by atoms with Crippen LogP contribution in [0.1, 0.15) is 34.1 Å². The Morgan fingerprint density at radius 3 is 2.69 bits per heavy atom. The summed E-state index contributed by atoms with van der Waals surface area (Å²) in [4.78, 5) is 11.9. The van der Waals surface area contributed by atoms with Crippen LogP contribution in [0.4, 0.5) is 0 Å². The van der Waals surface area contributed by atoms with Gasteiger partial charge >= 0.3 is 5.97 Å². The molecule has 1 N–H and O–H groups in total. The minimum absolute atomic E-state index is 0.106. The Bertz CT molecular complexity index is 235. The highest BCUT2D eigenvalue weighted by molar-refractivity contribution is 5.74. The second-order valence-corrected chi connectivity index (χ2v) is 5.24. The van der Waals surface area contributed by atoms with E-state index < -0.39 is 5.60 Å². The smallest absolute Gasteiger partial charge is 0.313 e. The van der Waals surface area contributed by atoms with Crippen LogP contribution in [0.3, 0.4) is 0 Å². The maximum atomic E-state index is 11.9. The van der Waals surface area contributed by atoms with E-state index in [1.54, 1.807) is 0 Å². The molecule has 0 radical (unpaired) electrons. The summed E-state index contributed by atoms with van der Waals surface area (Å²) in [5.41, 5.74) is -0.422. The van der Waals surface area contributed by atoms with Crippen molar-refractivity contribution in [1.82, 2.24) is 5.32 Å². The van der Waals surface area contributed by atoms with E-state index in [-0.39, 0.29) is 17.9 Å². The third-order valence-electron chi connectivity index (χ3n) is 2.45. The highest BCUT2D eigenvalue weighted by atomic mass is 16.6. The molecule has 1 heterocycles. The van der Waals surface area contributed by atoms with Crippen molar-refractivity contribution in [3.05, 3.63) is 0 Å². The molecule has 2 atom stereocenters. The molecule has 0 spiro atoms. The van der Waals surface area contributed by atoms with Crippen molar-refractivity contribution in [3.63, 3.8) is 0 Å². The van der Waals surface area contributed by atoms with Crippen LogP contribution in [0, 0.1) is 5.92 Å². The van der Waals surface area contributed by atoms with Gasteiger partial charge in [-0.05, 0) is 33.7 Å². The highest BCUT2D eigenvalue weighted by Gasteiger charge is 2.36. The Balaban J connectivity index is 2.47. The lowest BCUT2D eigenvalue weighted by Gasteiger charge is -2.24. The first-order chi connectivity index (χ1) is 7.44. The molecule has 0 aliphatic carbocycles. The van der Waals surface area contributed by atoms with Crippen molar-refractivity contribution in [2.24, 2.45) is 5.92 Å². The summed E-state index contributed by atoms with van der Waals surface area (Å²) in [6.07, 6.45) is 1.05. The average molecular weight is 229 g/mol. The summed E-state index contributed by atoms with van der Waals surface area (Å²) in [5, 5.41) is 3.32. The van der Waals surface area contributed by atoms with E-state index in [9.17, 15) is 4.79 Å². The van der Waals surface area contributed by atoms with E-state index in [4.69, 9.17) is 9.47 Å². The summed E-state index contributed by atoms with van der Waals surface area (Å²) >= 11 is 0. The molecule has 0 saturated carbocycles. The standard InChI is InChI=1S/C12H23NO3/c1-5-6-13-10-8-15-7-9(10)11(14)16-12(2,3)4/h9-10,13H,5-8H2,1-4H3. The van der Waals surface area contributed by atoms with Crippen LogP contribution in [0.25, 0.3) is 0 Å². The van der Waals surface area contributed by atoms with Gasteiger partial charge in [0.1, 0.15) is 5.60 Å². The molecule has 4 heteroatoms. The third kappa shape index (κ3) is 4.10. The van der Waals surface area contributed by atoms with Gasteiger partial charge in [0.05, 0.1) is 19.1 Å². The van der Waals surface area contributed by atoms with Gasteiger partial charge in [0.15, 0.2) is 0 Å². The first kappa shape index (κ1) is 13.5. The zero-order chi connectivity index (χ0) is 12.2. The van der Waals surface area contributed by atoms with Gasteiger partial charge in [-0.15, -0.1) is 0 Å². The molecule has 0 amide bonds. The lowest BCUT2D eigenvalue weighted by Crippen LogP contribution is -2.42. The van der Waals surface area contributed by atoms with Crippen molar-refractivity contribution in [2.75, 3.05) is 19.8 Å². The summed E-state index contributed by atoms with van der Waals surface area (Å²) < 4.78 is 10.7. The topological polar surface area (TPSA) is 47.6 Å². The molecular formula is C12H23NO3. The van der Waals surface area contributed by atoms with Gasteiger partial charge in [0.25, 0.3) is 0 Å². The fourth-order valence-electron chi connectivity index (χ4n) is 1.69. The van der Waals surface area contributed by atoms with E-state index >= 15 is 0 Å². The van der Waals surface area contributed by atoms with E-state index in [1.807, 2.05) is 20.8 Å². The minimum Gasteiger partial charge on any atom is -0.460 e. The monoisotopic (exact) mass is 229 g/mol. The molecule has 16 heavy (non-hydrogen) atoms. The maximum Gasteiger partial charge on any atom is 0.313 e. The molecule has 0 aromatic heterocycles. The first-order valence-electron chi connectivity index (χ1n) is 5.98. The zero-order valence-electron chi connectivity index (χ0n) is 10.7. The minimum atomic E-state index is -0.422. The quantitative estimate of drug-likeness (QED) is 0.739. The van der Waals surface area contributed by atoms with Gasteiger partial charge in [-0.2, -0.15) is 0 Å². The lowest BCUT2D eigenvalue weighted by atomic mass is 10.0. The number of carbonyl (C=O) groups is 1. The molecule has 0 aromatic rings. The number of carbonyl (C=O) groups excluding carboxylic acids is 1. The molecule has 1 saturated heterocycles. The molecule has 4 nitrogen and oxygen atoms in total.